The Bertz CT molecular complexity index is 592. The van der Waals surface area contributed by atoms with E-state index in [1.54, 1.807) is 41.9 Å². The number of carbonyl (C=O) groups excluding carboxylic acids is 2. The van der Waals surface area contributed by atoms with Gasteiger partial charge in [-0.05, 0) is 55.7 Å². The summed E-state index contributed by atoms with van der Waals surface area (Å²) in [6.07, 6.45) is 10.9. The monoisotopic (exact) mass is 679 g/mol. The van der Waals surface area contributed by atoms with Crippen molar-refractivity contribution in [1.29, 1.82) is 0 Å². The number of hydrogen-bond donors (Lipinski definition) is 0. The van der Waals surface area contributed by atoms with Crippen molar-refractivity contribution in [3.63, 3.8) is 0 Å². The first-order chi connectivity index (χ1) is 17.7. The summed E-state index contributed by atoms with van der Waals surface area (Å²) in [7, 11) is 6.52. The summed E-state index contributed by atoms with van der Waals surface area (Å²) in [5.41, 5.74) is -1.68. The van der Waals surface area contributed by atoms with Crippen LogP contribution in [0.4, 0.5) is 0 Å². The summed E-state index contributed by atoms with van der Waals surface area (Å²) in [6.45, 7) is 18.9. The second kappa shape index (κ2) is 29.3. The summed E-state index contributed by atoms with van der Waals surface area (Å²) in [6, 6.07) is 0. The van der Waals surface area contributed by atoms with Gasteiger partial charge in [-0.25, -0.2) is 0 Å². The Balaban J connectivity index is -0.000000295. The second-order valence-electron chi connectivity index (χ2n) is 10.2. The van der Waals surface area contributed by atoms with E-state index in [9.17, 15) is 9.59 Å². The Kier molecular flexibility index (Phi) is 34.3. The number of carbonyl (C=O) groups is 2. The maximum atomic E-state index is 11.7. The number of ketones is 2. The van der Waals surface area contributed by atoms with Crippen molar-refractivity contribution in [2.45, 2.75) is 51.7 Å². The Morgan fingerprint density at radius 1 is 0.667 bits per heavy atom. The van der Waals surface area contributed by atoms with Crippen LogP contribution in [-0.2, 0) is 48.6 Å². The fourth-order valence-electron chi connectivity index (χ4n) is 2.25. The molecule has 0 unspecified atom stereocenters. The molecular formula is C28H58N2O6P2Tc. The van der Waals surface area contributed by atoms with Crippen molar-refractivity contribution < 1.29 is 48.6 Å². The van der Waals surface area contributed by atoms with Crippen LogP contribution in [0.5, 0.6) is 0 Å². The van der Waals surface area contributed by atoms with Gasteiger partial charge >= 0.3 is 0 Å². The van der Waals surface area contributed by atoms with Crippen LogP contribution < -0.4 is 0 Å². The Labute approximate surface area is 256 Å². The average molecular weight is 680 g/mol. The molecule has 39 heavy (non-hydrogen) atoms. The van der Waals surface area contributed by atoms with Crippen molar-refractivity contribution in [3.05, 3.63) is 35.2 Å². The van der Waals surface area contributed by atoms with Crippen LogP contribution in [0.15, 0.2) is 24.6 Å². The zero-order valence-corrected chi connectivity index (χ0v) is 30.5. The molecule has 0 aromatic rings. The molecular weight excluding hydrogens is 621 g/mol. The predicted octanol–water partition coefficient (Wildman–Crippen LogP) is 5.74. The van der Waals surface area contributed by atoms with Gasteiger partial charge in [0.15, 0.2) is 11.6 Å². The van der Waals surface area contributed by atoms with Crippen LogP contribution >= 0.6 is 15.8 Å². The number of hydrogen-bond acceptors (Lipinski definition) is 6. The largest absolute Gasteiger partial charge is 0.692 e. The van der Waals surface area contributed by atoms with Crippen molar-refractivity contribution in [1.82, 2.24) is 0 Å². The van der Waals surface area contributed by atoms with Gasteiger partial charge in [-0.2, -0.15) is 12.4 Å². The van der Waals surface area contributed by atoms with E-state index in [1.807, 2.05) is 0 Å². The number of nitrogens with zero attached hydrogens (tertiary/aromatic N) is 2. The van der Waals surface area contributed by atoms with Crippen LogP contribution in [-0.4, -0.2) is 116 Å². The number of methoxy groups -OCH3 is 4. The summed E-state index contributed by atoms with van der Waals surface area (Å²) < 4.78 is 19.9. The van der Waals surface area contributed by atoms with Gasteiger partial charge in [0.25, 0.3) is 0 Å². The maximum absolute atomic E-state index is 11.7. The van der Waals surface area contributed by atoms with Gasteiger partial charge in [0.05, 0.1) is 12.3 Å². The standard InChI is InChI=1S/C16H28N2O4.2C6H15OP.Tc/c1-15(2,21-5)13(19)7-9-17-11-12-18-10-8-14(20)16(3,4)22-6;2*1-7-5-4-6-8(2)3;/h7-10H,11-12H2,1-6H3,(H2,17,18,19,20);2*4-6H2,1-3H3;/i;;;1+1. The third-order valence-electron chi connectivity index (χ3n) is 5.28. The maximum Gasteiger partial charge on any atom is 0.185 e. The molecule has 0 aromatic heterocycles. The van der Waals surface area contributed by atoms with Gasteiger partial charge in [-0.3, -0.25) is 9.59 Å². The van der Waals surface area contributed by atoms with E-state index in [1.165, 1.54) is 63.9 Å². The second-order valence-corrected chi connectivity index (χ2v) is 16.0. The first-order valence-corrected chi connectivity index (χ1v) is 18.5. The van der Waals surface area contributed by atoms with Crippen molar-refractivity contribution in [2.24, 2.45) is 0 Å². The van der Waals surface area contributed by atoms with E-state index in [-0.39, 0.29) is 47.5 Å². The molecule has 0 aliphatic carbocycles. The van der Waals surface area contributed by atoms with Crippen molar-refractivity contribution in [3.8, 4) is 0 Å². The Hall–Kier alpha value is -0.231. The van der Waals surface area contributed by atoms with Crippen LogP contribution in [0.1, 0.15) is 40.5 Å². The molecule has 0 amide bonds. The normalized spacial score (nSPS) is 11.5. The number of rotatable bonds is 19. The van der Waals surface area contributed by atoms with E-state index in [0.717, 1.165) is 13.2 Å². The molecule has 233 valence electrons. The molecule has 0 fully saturated rings. The quantitative estimate of drug-likeness (QED) is 0.0982. The molecule has 8 nitrogen and oxygen atoms in total. The van der Waals surface area contributed by atoms with Gasteiger partial charge in [0.2, 0.25) is 0 Å². The van der Waals surface area contributed by atoms with Gasteiger partial charge in [0.1, 0.15) is 11.2 Å². The predicted molar refractivity (Wildman–Crippen MR) is 170 cm³/mol. The molecule has 0 spiro atoms. The average Bonchev–Trinajstić information content (AvgIpc) is 2.86. The molecule has 0 bridgehead atoms. The Morgan fingerprint density at radius 2 is 0.974 bits per heavy atom. The molecule has 0 atom stereocenters. The summed E-state index contributed by atoms with van der Waals surface area (Å²) in [5, 5.41) is 8.09. The first kappa shape index (κ1) is 45.7. The van der Waals surface area contributed by atoms with Crippen LogP contribution in [0, 0.1) is 0 Å². The van der Waals surface area contributed by atoms with Crippen LogP contribution in [0.2, 0.25) is 0 Å². The van der Waals surface area contributed by atoms with E-state index in [0.29, 0.717) is 13.1 Å². The molecule has 0 saturated carbocycles. The molecule has 0 aliphatic heterocycles. The minimum Gasteiger partial charge on any atom is -0.692 e. The van der Waals surface area contributed by atoms with E-state index in [2.05, 4.69) is 37.3 Å². The summed E-state index contributed by atoms with van der Waals surface area (Å²) in [4.78, 5) is 23.3. The fraction of sp³-hybridized carbons (Fsp3) is 0.786. The third-order valence-corrected chi connectivity index (χ3v) is 7.99. The molecule has 0 saturated heterocycles. The van der Waals surface area contributed by atoms with Gasteiger partial charge < -0.3 is 29.6 Å². The Morgan fingerprint density at radius 3 is 1.21 bits per heavy atom. The summed E-state index contributed by atoms with van der Waals surface area (Å²) >= 11 is 0. The van der Waals surface area contributed by atoms with E-state index < -0.39 is 11.2 Å². The molecule has 0 heterocycles. The molecule has 0 aliphatic rings. The molecule has 1 radical (unpaired) electrons. The number of ether oxygens (including phenoxy) is 4. The van der Waals surface area contributed by atoms with E-state index >= 15 is 0 Å². The van der Waals surface area contributed by atoms with Gasteiger partial charge in [0, 0.05) is 101 Å². The summed E-state index contributed by atoms with van der Waals surface area (Å²) in [5.74, 6) is -0.300. The zero-order chi connectivity index (χ0) is 30.0. The SMILES string of the molecule is COC(C)(C)C(=O)/C=C\[N-]CC[N-]/C=C\C(=O)C(C)(C)OC.COCCC[PH+](C)C.COCCC[PH+](C)C.[99Tc]. The van der Waals surface area contributed by atoms with Crippen LogP contribution in [0.25, 0.3) is 10.6 Å². The van der Waals surface area contributed by atoms with Gasteiger partial charge in [-0.1, -0.05) is 0 Å². The first-order valence-electron chi connectivity index (χ1n) is 13.1. The molecule has 0 rings (SSSR count). The van der Waals surface area contributed by atoms with Crippen molar-refractivity contribution >= 4 is 27.4 Å². The molecule has 11 heteroatoms. The topological polar surface area (TPSA) is 99.3 Å². The molecule has 0 aromatic carbocycles. The third kappa shape index (κ3) is 32.2. The minimum atomic E-state index is -0.840. The van der Waals surface area contributed by atoms with E-state index in [4.69, 9.17) is 18.9 Å². The van der Waals surface area contributed by atoms with Crippen molar-refractivity contribution in [2.75, 3.05) is 93.7 Å². The minimum absolute atomic E-state index is 0. The fourth-order valence-corrected chi connectivity index (χ4v) is 3.95. The van der Waals surface area contributed by atoms with Gasteiger partial charge in [-0.15, -0.1) is 13.1 Å². The smallest absolute Gasteiger partial charge is 0.185 e. The molecule has 0 N–H and O–H groups in total. The van der Waals surface area contributed by atoms with Crippen LogP contribution in [0.3, 0.4) is 0 Å². The zero-order valence-electron chi connectivity index (χ0n) is 26.7.